The fourth-order valence-electron chi connectivity index (χ4n) is 1.96. The molecule has 0 radical (unpaired) electrons. The van der Waals surface area contributed by atoms with Crippen LogP contribution in [-0.2, 0) is 6.42 Å². The Labute approximate surface area is 108 Å². The van der Waals surface area contributed by atoms with Crippen molar-refractivity contribution in [2.75, 3.05) is 0 Å². The van der Waals surface area contributed by atoms with Gasteiger partial charge in [-0.05, 0) is 55.2 Å². The molecule has 0 aliphatic rings. The van der Waals surface area contributed by atoms with Crippen LogP contribution in [0.4, 0.5) is 11.4 Å². The van der Waals surface area contributed by atoms with Gasteiger partial charge in [0, 0.05) is 0 Å². The van der Waals surface area contributed by atoms with Crippen molar-refractivity contribution < 1.29 is 0 Å². The Morgan fingerprint density at radius 3 is 2.28 bits per heavy atom. The summed E-state index contributed by atoms with van der Waals surface area (Å²) in [4.78, 5) is 0. The lowest BCUT2D eigenvalue weighted by Gasteiger charge is -2.06. The maximum Gasteiger partial charge on any atom is 0.0889 e. The van der Waals surface area contributed by atoms with Crippen LogP contribution in [0, 0.1) is 13.8 Å². The number of benzene rings is 2. The van der Waals surface area contributed by atoms with Crippen LogP contribution in [0.25, 0.3) is 0 Å². The monoisotopic (exact) mass is 238 g/mol. The smallest absolute Gasteiger partial charge is 0.0889 e. The molecule has 2 aromatic rings. The summed E-state index contributed by atoms with van der Waals surface area (Å²) in [5.74, 6) is 0. The number of azo groups is 1. The minimum Gasteiger partial charge on any atom is -0.151 e. The van der Waals surface area contributed by atoms with Gasteiger partial charge in [0.25, 0.3) is 0 Å². The predicted molar refractivity (Wildman–Crippen MR) is 75.9 cm³/mol. The topological polar surface area (TPSA) is 24.7 Å². The minimum atomic E-state index is 0.883. The van der Waals surface area contributed by atoms with E-state index in [9.17, 15) is 0 Å². The van der Waals surface area contributed by atoms with E-state index in [0.717, 1.165) is 17.8 Å². The van der Waals surface area contributed by atoms with E-state index in [4.69, 9.17) is 0 Å². The van der Waals surface area contributed by atoms with Crippen LogP contribution < -0.4 is 0 Å². The first kappa shape index (κ1) is 12.5. The first-order valence-corrected chi connectivity index (χ1v) is 6.27. The molecule has 0 aliphatic heterocycles. The standard InChI is InChI=1S/C16H18N2/c1-4-14-10-13(3)16(11-12(14)2)18-17-15-8-6-5-7-9-15/h5-11H,4H2,1-3H3. The molecule has 0 amide bonds. The van der Waals surface area contributed by atoms with Gasteiger partial charge in [0.05, 0.1) is 11.4 Å². The van der Waals surface area contributed by atoms with Gasteiger partial charge in [-0.15, -0.1) is 0 Å². The Morgan fingerprint density at radius 1 is 0.889 bits per heavy atom. The summed E-state index contributed by atoms with van der Waals surface area (Å²) in [5.41, 5.74) is 5.68. The van der Waals surface area contributed by atoms with Crippen molar-refractivity contribution in [3.05, 3.63) is 59.2 Å². The highest BCUT2D eigenvalue weighted by Gasteiger charge is 2.02. The SMILES string of the molecule is CCc1cc(C)c(N=Nc2ccccc2)cc1C. The molecule has 0 heterocycles. The zero-order valence-corrected chi connectivity index (χ0v) is 11.1. The fraction of sp³-hybridized carbons (Fsp3) is 0.250. The molecule has 92 valence electrons. The van der Waals surface area contributed by atoms with E-state index in [1.165, 1.54) is 16.7 Å². The van der Waals surface area contributed by atoms with Gasteiger partial charge in [-0.2, -0.15) is 10.2 Å². The Bertz CT molecular complexity index is 557. The number of aryl methyl sites for hydroxylation is 3. The molecule has 2 rings (SSSR count). The molecule has 0 spiro atoms. The van der Waals surface area contributed by atoms with Gasteiger partial charge in [-0.25, -0.2) is 0 Å². The van der Waals surface area contributed by atoms with Crippen molar-refractivity contribution in [1.82, 2.24) is 0 Å². The van der Waals surface area contributed by atoms with Crippen LogP contribution in [0.2, 0.25) is 0 Å². The van der Waals surface area contributed by atoms with Crippen molar-refractivity contribution in [2.24, 2.45) is 10.2 Å². The Kier molecular flexibility index (Phi) is 3.88. The van der Waals surface area contributed by atoms with E-state index >= 15 is 0 Å². The normalized spacial score (nSPS) is 11.1. The van der Waals surface area contributed by atoms with Gasteiger partial charge < -0.3 is 0 Å². The first-order chi connectivity index (χ1) is 8.70. The Morgan fingerprint density at radius 2 is 1.61 bits per heavy atom. The van der Waals surface area contributed by atoms with Gasteiger partial charge in [0.2, 0.25) is 0 Å². The molecule has 0 bridgehead atoms. The second-order valence-corrected chi connectivity index (χ2v) is 4.45. The molecule has 0 atom stereocenters. The van der Waals surface area contributed by atoms with Crippen LogP contribution >= 0.6 is 0 Å². The Hall–Kier alpha value is -1.96. The van der Waals surface area contributed by atoms with Crippen molar-refractivity contribution in [3.8, 4) is 0 Å². The summed E-state index contributed by atoms with van der Waals surface area (Å²) in [6.07, 6.45) is 1.06. The molecule has 0 fully saturated rings. The van der Waals surface area contributed by atoms with Crippen molar-refractivity contribution >= 4 is 11.4 Å². The Balaban J connectivity index is 2.30. The maximum atomic E-state index is 4.34. The minimum absolute atomic E-state index is 0.883. The molecule has 0 saturated heterocycles. The van der Waals surface area contributed by atoms with E-state index in [2.05, 4.69) is 43.1 Å². The van der Waals surface area contributed by atoms with Gasteiger partial charge in [0.15, 0.2) is 0 Å². The number of rotatable bonds is 3. The molecule has 0 aromatic heterocycles. The highest BCUT2D eigenvalue weighted by Crippen LogP contribution is 2.25. The van der Waals surface area contributed by atoms with Gasteiger partial charge >= 0.3 is 0 Å². The first-order valence-electron chi connectivity index (χ1n) is 6.27. The highest BCUT2D eigenvalue weighted by molar-refractivity contribution is 5.51. The van der Waals surface area contributed by atoms with Crippen LogP contribution in [-0.4, -0.2) is 0 Å². The third-order valence-electron chi connectivity index (χ3n) is 3.06. The summed E-state index contributed by atoms with van der Waals surface area (Å²) in [7, 11) is 0. The number of nitrogens with zero attached hydrogens (tertiary/aromatic N) is 2. The van der Waals surface area contributed by atoms with E-state index in [1.807, 2.05) is 30.3 Å². The molecule has 2 heteroatoms. The average Bonchev–Trinajstić information content (AvgIpc) is 2.40. The lowest BCUT2D eigenvalue weighted by atomic mass is 10.0. The van der Waals surface area contributed by atoms with E-state index in [1.54, 1.807) is 0 Å². The van der Waals surface area contributed by atoms with Crippen LogP contribution in [0.15, 0.2) is 52.7 Å². The highest BCUT2D eigenvalue weighted by atomic mass is 15.1. The van der Waals surface area contributed by atoms with Gasteiger partial charge in [0.1, 0.15) is 0 Å². The average molecular weight is 238 g/mol. The van der Waals surface area contributed by atoms with Crippen molar-refractivity contribution in [2.45, 2.75) is 27.2 Å². The van der Waals surface area contributed by atoms with Gasteiger partial charge in [-0.3, -0.25) is 0 Å². The van der Waals surface area contributed by atoms with E-state index < -0.39 is 0 Å². The molecule has 0 N–H and O–H groups in total. The molecule has 18 heavy (non-hydrogen) atoms. The summed E-state index contributed by atoms with van der Waals surface area (Å²) < 4.78 is 0. The zero-order chi connectivity index (χ0) is 13.0. The largest absolute Gasteiger partial charge is 0.151 e. The quantitative estimate of drug-likeness (QED) is 0.650. The van der Waals surface area contributed by atoms with Crippen LogP contribution in [0.5, 0.6) is 0 Å². The van der Waals surface area contributed by atoms with Crippen molar-refractivity contribution in [1.29, 1.82) is 0 Å². The summed E-state index contributed by atoms with van der Waals surface area (Å²) in [6, 6.07) is 14.1. The lowest BCUT2D eigenvalue weighted by molar-refractivity contribution is 1.09. The summed E-state index contributed by atoms with van der Waals surface area (Å²) in [5, 5.41) is 8.60. The predicted octanol–water partition coefficient (Wildman–Crippen LogP) is 5.28. The zero-order valence-electron chi connectivity index (χ0n) is 11.1. The third kappa shape index (κ3) is 2.83. The molecular weight excluding hydrogens is 220 g/mol. The molecule has 0 aliphatic carbocycles. The second-order valence-electron chi connectivity index (χ2n) is 4.45. The fourth-order valence-corrected chi connectivity index (χ4v) is 1.96. The van der Waals surface area contributed by atoms with E-state index in [-0.39, 0.29) is 0 Å². The molecular formula is C16H18N2. The van der Waals surface area contributed by atoms with Gasteiger partial charge in [-0.1, -0.05) is 31.2 Å². The molecule has 0 unspecified atom stereocenters. The lowest BCUT2D eigenvalue weighted by Crippen LogP contribution is -1.87. The third-order valence-corrected chi connectivity index (χ3v) is 3.06. The summed E-state index contributed by atoms with van der Waals surface area (Å²) >= 11 is 0. The summed E-state index contributed by atoms with van der Waals surface area (Å²) in [6.45, 7) is 6.38. The number of hydrogen-bond donors (Lipinski definition) is 0. The maximum absolute atomic E-state index is 4.34. The number of hydrogen-bond acceptors (Lipinski definition) is 2. The molecule has 0 saturated carbocycles. The van der Waals surface area contributed by atoms with Crippen LogP contribution in [0.3, 0.4) is 0 Å². The van der Waals surface area contributed by atoms with E-state index in [0.29, 0.717) is 0 Å². The van der Waals surface area contributed by atoms with Crippen LogP contribution in [0.1, 0.15) is 23.6 Å². The molecule has 2 nitrogen and oxygen atoms in total. The second kappa shape index (κ2) is 5.58. The van der Waals surface area contributed by atoms with Crippen molar-refractivity contribution in [3.63, 3.8) is 0 Å². The molecule has 2 aromatic carbocycles.